The Labute approximate surface area is 215 Å². The largest absolute Gasteiger partial charge is 0.506 e. The van der Waals surface area contributed by atoms with Crippen molar-refractivity contribution in [3.8, 4) is 5.75 Å². The quantitative estimate of drug-likeness (QED) is 0.314. The number of aromatic hydroxyl groups is 1. The van der Waals surface area contributed by atoms with Crippen molar-refractivity contribution < 1.29 is 13.9 Å². The van der Waals surface area contributed by atoms with Gasteiger partial charge in [-0.05, 0) is 60.5 Å². The fraction of sp³-hybridized carbons (Fsp3) is 0.103. The van der Waals surface area contributed by atoms with Gasteiger partial charge in [0, 0.05) is 10.6 Å². The third-order valence-corrected chi connectivity index (χ3v) is 7.22. The predicted octanol–water partition coefficient (Wildman–Crippen LogP) is 5.70. The lowest BCUT2D eigenvalue weighted by molar-refractivity contribution is 0.463. The van der Waals surface area contributed by atoms with Gasteiger partial charge in [-0.1, -0.05) is 54.2 Å². The van der Waals surface area contributed by atoms with Gasteiger partial charge < -0.3 is 14.2 Å². The zero-order chi connectivity index (χ0) is 26.1. The van der Waals surface area contributed by atoms with Crippen molar-refractivity contribution in [2.75, 3.05) is 0 Å². The first kappa shape index (κ1) is 24.5. The van der Waals surface area contributed by atoms with E-state index in [4.69, 9.17) is 0 Å². The molecule has 2 aromatic heterocycles. The van der Waals surface area contributed by atoms with Crippen LogP contribution in [-0.4, -0.2) is 14.2 Å². The van der Waals surface area contributed by atoms with Crippen molar-refractivity contribution in [2.45, 2.75) is 29.8 Å². The summed E-state index contributed by atoms with van der Waals surface area (Å²) in [6, 6.07) is 22.4. The summed E-state index contributed by atoms with van der Waals surface area (Å²) < 4.78 is 29.8. The third-order valence-electron chi connectivity index (χ3n) is 6.14. The van der Waals surface area contributed by atoms with E-state index < -0.39 is 16.9 Å². The van der Waals surface area contributed by atoms with Crippen molar-refractivity contribution in [1.82, 2.24) is 9.13 Å². The maximum atomic E-state index is 13.8. The van der Waals surface area contributed by atoms with Gasteiger partial charge in [-0.3, -0.25) is 9.59 Å². The smallest absolute Gasteiger partial charge is 0.269 e. The zero-order valence-electron chi connectivity index (χ0n) is 19.8. The van der Waals surface area contributed by atoms with Crippen molar-refractivity contribution in [1.29, 1.82) is 0 Å². The number of nitrogens with zero attached hydrogens (tertiary/aromatic N) is 2. The zero-order valence-corrected chi connectivity index (χ0v) is 20.6. The molecule has 186 valence electrons. The summed E-state index contributed by atoms with van der Waals surface area (Å²) in [7, 11) is 0. The van der Waals surface area contributed by atoms with E-state index >= 15 is 0 Å². The van der Waals surface area contributed by atoms with E-state index in [9.17, 15) is 23.5 Å². The molecule has 3 aromatic carbocycles. The van der Waals surface area contributed by atoms with Gasteiger partial charge in [-0.25, -0.2) is 8.78 Å². The standard InChI is InChI=1S/C29H22F2N2O3S/c1-18-15-24-25(28(35)32(18)16-19-7-11-21(30)12-8-19)26(34)27(37-23-5-3-2-4-6-23)29(36)33(24)17-20-9-13-22(31)14-10-20/h2-15,34H,16-17H2,1H3. The maximum Gasteiger partial charge on any atom is 0.269 e. The first-order valence-electron chi connectivity index (χ1n) is 11.5. The van der Waals surface area contributed by atoms with Crippen LogP contribution in [0.4, 0.5) is 8.78 Å². The van der Waals surface area contributed by atoms with Gasteiger partial charge in [0.2, 0.25) is 0 Å². The Morgan fingerprint density at radius 1 is 0.757 bits per heavy atom. The number of halogens is 2. The topological polar surface area (TPSA) is 64.2 Å². The van der Waals surface area contributed by atoms with Crippen LogP contribution >= 0.6 is 11.8 Å². The molecule has 0 unspecified atom stereocenters. The first-order chi connectivity index (χ1) is 17.8. The Balaban J connectivity index is 1.74. The van der Waals surface area contributed by atoms with Crippen LogP contribution in [0.1, 0.15) is 16.8 Å². The lowest BCUT2D eigenvalue weighted by Crippen LogP contribution is -2.29. The lowest BCUT2D eigenvalue weighted by atomic mass is 10.1. The molecular weight excluding hydrogens is 494 g/mol. The monoisotopic (exact) mass is 516 g/mol. The molecule has 0 spiro atoms. The van der Waals surface area contributed by atoms with Crippen molar-refractivity contribution in [2.24, 2.45) is 0 Å². The highest BCUT2D eigenvalue weighted by atomic mass is 32.2. The second-order valence-corrected chi connectivity index (χ2v) is 9.76. The Kier molecular flexibility index (Phi) is 6.67. The fourth-order valence-electron chi connectivity index (χ4n) is 4.23. The molecule has 0 atom stereocenters. The van der Waals surface area contributed by atoms with Gasteiger partial charge >= 0.3 is 0 Å². The van der Waals surface area contributed by atoms with E-state index in [1.54, 1.807) is 49.4 Å². The van der Waals surface area contributed by atoms with Crippen LogP contribution in [-0.2, 0) is 13.1 Å². The normalized spacial score (nSPS) is 11.2. The van der Waals surface area contributed by atoms with Gasteiger partial charge in [0.15, 0.2) is 0 Å². The van der Waals surface area contributed by atoms with E-state index in [1.807, 2.05) is 18.2 Å². The molecule has 0 aliphatic carbocycles. The van der Waals surface area contributed by atoms with Crippen LogP contribution in [0.5, 0.6) is 5.75 Å². The molecule has 0 radical (unpaired) electrons. The number of pyridine rings is 2. The van der Waals surface area contributed by atoms with Crippen LogP contribution in [0.15, 0.2) is 104 Å². The minimum Gasteiger partial charge on any atom is -0.506 e. The Hall–Kier alpha value is -4.17. The number of aromatic nitrogens is 2. The predicted molar refractivity (Wildman–Crippen MR) is 140 cm³/mol. The number of fused-ring (bicyclic) bond motifs is 1. The first-order valence-corrected chi connectivity index (χ1v) is 12.3. The minimum absolute atomic E-state index is 0.00727. The molecule has 0 fully saturated rings. The van der Waals surface area contributed by atoms with E-state index in [-0.39, 0.29) is 40.5 Å². The fourth-order valence-corrected chi connectivity index (χ4v) is 5.16. The van der Waals surface area contributed by atoms with Crippen molar-refractivity contribution >= 4 is 22.7 Å². The Morgan fingerprint density at radius 3 is 1.86 bits per heavy atom. The molecule has 1 N–H and O–H groups in total. The highest BCUT2D eigenvalue weighted by molar-refractivity contribution is 7.99. The summed E-state index contributed by atoms with van der Waals surface area (Å²) in [5, 5.41) is 11.3. The average Bonchev–Trinajstić information content (AvgIpc) is 2.89. The molecule has 5 aromatic rings. The van der Waals surface area contributed by atoms with Gasteiger partial charge in [-0.2, -0.15) is 0 Å². The second kappa shape index (κ2) is 10.1. The molecule has 0 bridgehead atoms. The Morgan fingerprint density at radius 2 is 1.30 bits per heavy atom. The molecule has 0 saturated heterocycles. The summed E-state index contributed by atoms with van der Waals surface area (Å²) >= 11 is 1.07. The van der Waals surface area contributed by atoms with Crippen LogP contribution < -0.4 is 11.1 Å². The summed E-state index contributed by atoms with van der Waals surface area (Å²) in [6.45, 7) is 1.98. The SMILES string of the molecule is Cc1cc2c(c(O)c(Sc3ccccc3)c(=O)n2Cc2ccc(F)cc2)c(=O)n1Cc1ccc(F)cc1. The molecule has 5 rings (SSSR count). The molecule has 5 nitrogen and oxygen atoms in total. The van der Waals surface area contributed by atoms with Gasteiger partial charge in [0.1, 0.15) is 27.7 Å². The molecule has 0 amide bonds. The minimum atomic E-state index is -0.473. The maximum absolute atomic E-state index is 13.8. The van der Waals surface area contributed by atoms with Crippen LogP contribution in [0, 0.1) is 18.6 Å². The van der Waals surface area contributed by atoms with Crippen LogP contribution in [0.25, 0.3) is 10.9 Å². The number of rotatable bonds is 6. The van der Waals surface area contributed by atoms with E-state index in [0.29, 0.717) is 16.8 Å². The Bertz CT molecular complexity index is 1710. The summed E-state index contributed by atoms with van der Waals surface area (Å²) in [6.07, 6.45) is 0. The molecule has 37 heavy (non-hydrogen) atoms. The van der Waals surface area contributed by atoms with Crippen molar-refractivity contribution in [3.63, 3.8) is 0 Å². The number of hydrogen-bond acceptors (Lipinski definition) is 4. The molecule has 0 saturated carbocycles. The molecular formula is C29H22F2N2O3S. The van der Waals surface area contributed by atoms with E-state index in [0.717, 1.165) is 16.7 Å². The van der Waals surface area contributed by atoms with Crippen molar-refractivity contribution in [3.05, 3.63) is 134 Å². The number of hydrogen-bond donors (Lipinski definition) is 1. The van der Waals surface area contributed by atoms with E-state index in [1.165, 1.54) is 33.4 Å². The summed E-state index contributed by atoms with van der Waals surface area (Å²) in [5.41, 5.74) is 1.29. The summed E-state index contributed by atoms with van der Waals surface area (Å²) in [5.74, 6) is -1.16. The molecule has 0 aliphatic heterocycles. The van der Waals surface area contributed by atoms with Gasteiger partial charge in [0.25, 0.3) is 11.1 Å². The van der Waals surface area contributed by atoms with E-state index in [2.05, 4.69) is 0 Å². The van der Waals surface area contributed by atoms with Gasteiger partial charge in [0.05, 0.1) is 18.6 Å². The molecule has 8 heteroatoms. The van der Waals surface area contributed by atoms with Crippen LogP contribution in [0.2, 0.25) is 0 Å². The second-order valence-electron chi connectivity index (χ2n) is 8.67. The third kappa shape index (κ3) is 4.93. The number of aryl methyl sites for hydroxylation is 1. The average molecular weight is 517 g/mol. The lowest BCUT2D eigenvalue weighted by Gasteiger charge is -2.18. The highest BCUT2D eigenvalue weighted by Gasteiger charge is 2.22. The van der Waals surface area contributed by atoms with Gasteiger partial charge in [-0.15, -0.1) is 0 Å². The number of benzene rings is 3. The molecule has 0 aliphatic rings. The van der Waals surface area contributed by atoms with Crippen LogP contribution in [0.3, 0.4) is 0 Å². The summed E-state index contributed by atoms with van der Waals surface area (Å²) in [4.78, 5) is 28.2. The highest BCUT2D eigenvalue weighted by Crippen LogP contribution is 2.35. The molecule has 2 heterocycles.